The maximum atomic E-state index is 4.38. The molecule has 2 rings (SSSR count). The van der Waals surface area contributed by atoms with Crippen LogP contribution in [0.3, 0.4) is 0 Å². The highest BCUT2D eigenvalue weighted by Crippen LogP contribution is 2.20. The molecule has 1 aliphatic rings. The number of nitrogens with one attached hydrogen (secondary N) is 1. The van der Waals surface area contributed by atoms with E-state index >= 15 is 0 Å². The molecule has 12 heavy (non-hydrogen) atoms. The van der Waals surface area contributed by atoms with E-state index in [4.69, 9.17) is 0 Å². The Morgan fingerprint density at radius 1 is 1.58 bits per heavy atom. The molecule has 0 radical (unpaired) electrons. The van der Waals surface area contributed by atoms with Crippen LogP contribution in [0.15, 0.2) is 12.3 Å². The number of aryl methyl sites for hydroxylation is 1. The highest BCUT2D eigenvalue weighted by molar-refractivity contribution is 5.08. The van der Waals surface area contributed by atoms with Gasteiger partial charge in [-0.1, -0.05) is 0 Å². The van der Waals surface area contributed by atoms with Crippen LogP contribution in [0.1, 0.15) is 30.4 Å². The molecule has 0 saturated carbocycles. The normalized spacial score (nSPS) is 22.9. The Bertz CT molecular complexity index is 266. The van der Waals surface area contributed by atoms with Crippen molar-refractivity contribution in [2.45, 2.75) is 25.8 Å². The fourth-order valence-electron chi connectivity index (χ4n) is 1.61. The van der Waals surface area contributed by atoms with Gasteiger partial charge < -0.3 is 5.32 Å². The summed E-state index contributed by atoms with van der Waals surface area (Å²) in [6.07, 6.45) is 4.29. The summed E-state index contributed by atoms with van der Waals surface area (Å²) in [4.78, 5) is 8.45. The molecule has 0 aliphatic carbocycles. The first-order valence-corrected chi connectivity index (χ1v) is 4.39. The van der Waals surface area contributed by atoms with Gasteiger partial charge in [-0.2, -0.15) is 0 Å². The van der Waals surface area contributed by atoms with Gasteiger partial charge in [0.05, 0.1) is 5.69 Å². The van der Waals surface area contributed by atoms with Crippen LogP contribution in [-0.4, -0.2) is 16.5 Å². The van der Waals surface area contributed by atoms with Gasteiger partial charge in [0.25, 0.3) is 0 Å². The summed E-state index contributed by atoms with van der Waals surface area (Å²) in [5.41, 5.74) is 1.14. The van der Waals surface area contributed by atoms with Gasteiger partial charge in [0.15, 0.2) is 0 Å². The van der Waals surface area contributed by atoms with Crippen LogP contribution in [0.5, 0.6) is 0 Å². The average molecular weight is 163 g/mol. The van der Waals surface area contributed by atoms with Crippen molar-refractivity contribution in [1.29, 1.82) is 0 Å². The van der Waals surface area contributed by atoms with Crippen molar-refractivity contribution in [3.63, 3.8) is 0 Å². The third-order valence-corrected chi connectivity index (χ3v) is 2.21. The number of aromatic nitrogens is 2. The molecule has 0 amide bonds. The molecule has 64 valence electrons. The van der Waals surface area contributed by atoms with Crippen molar-refractivity contribution >= 4 is 0 Å². The van der Waals surface area contributed by atoms with E-state index in [1.165, 1.54) is 12.8 Å². The number of hydrogen-bond acceptors (Lipinski definition) is 3. The lowest BCUT2D eigenvalue weighted by molar-refractivity contribution is 0.622. The number of nitrogens with zero attached hydrogens (tertiary/aromatic N) is 2. The Morgan fingerprint density at radius 3 is 3.17 bits per heavy atom. The van der Waals surface area contributed by atoms with E-state index in [0.717, 1.165) is 18.1 Å². The van der Waals surface area contributed by atoms with Crippen molar-refractivity contribution in [1.82, 2.24) is 15.3 Å². The molecule has 1 unspecified atom stereocenters. The molecule has 0 spiro atoms. The zero-order chi connectivity index (χ0) is 8.39. The molecule has 1 fully saturated rings. The molecule has 1 aromatic rings. The van der Waals surface area contributed by atoms with Crippen LogP contribution in [0.2, 0.25) is 0 Å². The molecule has 0 bridgehead atoms. The van der Waals surface area contributed by atoms with Gasteiger partial charge >= 0.3 is 0 Å². The Balaban J connectivity index is 2.21. The minimum Gasteiger partial charge on any atom is -0.309 e. The first-order valence-electron chi connectivity index (χ1n) is 4.39. The van der Waals surface area contributed by atoms with Crippen LogP contribution < -0.4 is 5.32 Å². The molecule has 2 heterocycles. The van der Waals surface area contributed by atoms with Crippen LogP contribution in [0.4, 0.5) is 0 Å². The van der Waals surface area contributed by atoms with E-state index < -0.39 is 0 Å². The topological polar surface area (TPSA) is 37.8 Å². The lowest BCUT2D eigenvalue weighted by Crippen LogP contribution is -2.14. The fraction of sp³-hybridized carbons (Fsp3) is 0.556. The van der Waals surface area contributed by atoms with E-state index in [1.54, 1.807) is 0 Å². The maximum absolute atomic E-state index is 4.38. The van der Waals surface area contributed by atoms with Gasteiger partial charge in [-0.15, -0.1) is 0 Å². The lowest BCUT2D eigenvalue weighted by Gasteiger charge is -2.08. The molecule has 3 nitrogen and oxygen atoms in total. The minimum absolute atomic E-state index is 0.465. The van der Waals surface area contributed by atoms with E-state index in [-0.39, 0.29) is 0 Å². The monoisotopic (exact) mass is 163 g/mol. The molecule has 1 aromatic heterocycles. The maximum Gasteiger partial charge on any atom is 0.125 e. The van der Waals surface area contributed by atoms with Crippen molar-refractivity contribution in [3.8, 4) is 0 Å². The first kappa shape index (κ1) is 7.68. The fourth-order valence-corrected chi connectivity index (χ4v) is 1.61. The van der Waals surface area contributed by atoms with Gasteiger partial charge in [0.2, 0.25) is 0 Å². The second kappa shape index (κ2) is 3.19. The summed E-state index contributed by atoms with van der Waals surface area (Å²) in [6.45, 7) is 3.05. The molecule has 0 aromatic carbocycles. The van der Waals surface area contributed by atoms with Crippen molar-refractivity contribution < 1.29 is 0 Å². The molecule has 1 atom stereocenters. The predicted octanol–water partition coefficient (Wildman–Crippen LogP) is 1.21. The molecule has 1 saturated heterocycles. The van der Waals surface area contributed by atoms with Gasteiger partial charge in [0, 0.05) is 12.2 Å². The van der Waals surface area contributed by atoms with E-state index in [9.17, 15) is 0 Å². The van der Waals surface area contributed by atoms with Crippen LogP contribution in [-0.2, 0) is 0 Å². The molecular weight excluding hydrogens is 150 g/mol. The summed E-state index contributed by atoms with van der Waals surface area (Å²) < 4.78 is 0. The predicted molar refractivity (Wildman–Crippen MR) is 46.7 cm³/mol. The molecule has 1 N–H and O–H groups in total. The van der Waals surface area contributed by atoms with Crippen LogP contribution >= 0.6 is 0 Å². The highest BCUT2D eigenvalue weighted by atomic mass is 15.0. The minimum atomic E-state index is 0.465. The van der Waals surface area contributed by atoms with Gasteiger partial charge in [0.1, 0.15) is 5.82 Å². The second-order valence-electron chi connectivity index (χ2n) is 3.18. The standard InChI is InChI=1S/C9H13N3/c1-7-10-6-4-9(12-7)8-3-2-5-11-8/h4,6,8,11H,2-3,5H2,1H3. The van der Waals surface area contributed by atoms with Gasteiger partial charge in [-0.05, 0) is 32.4 Å². The summed E-state index contributed by atoms with van der Waals surface area (Å²) in [6, 6.07) is 2.46. The third-order valence-electron chi connectivity index (χ3n) is 2.21. The number of rotatable bonds is 1. The SMILES string of the molecule is Cc1nccc(C2CCCN2)n1. The average Bonchev–Trinajstić information content (AvgIpc) is 2.56. The molecule has 3 heteroatoms. The van der Waals surface area contributed by atoms with Crippen molar-refractivity contribution in [2.24, 2.45) is 0 Å². The van der Waals surface area contributed by atoms with E-state index in [0.29, 0.717) is 6.04 Å². The van der Waals surface area contributed by atoms with Crippen LogP contribution in [0.25, 0.3) is 0 Å². The Kier molecular flexibility index (Phi) is 2.04. The molecular formula is C9H13N3. The summed E-state index contributed by atoms with van der Waals surface area (Å²) in [5.74, 6) is 0.862. The Morgan fingerprint density at radius 2 is 2.50 bits per heavy atom. The zero-order valence-corrected chi connectivity index (χ0v) is 7.25. The van der Waals surface area contributed by atoms with Gasteiger partial charge in [-0.3, -0.25) is 0 Å². The van der Waals surface area contributed by atoms with E-state index in [1.807, 2.05) is 19.2 Å². The summed E-state index contributed by atoms with van der Waals surface area (Å²) >= 11 is 0. The highest BCUT2D eigenvalue weighted by Gasteiger charge is 2.16. The van der Waals surface area contributed by atoms with Crippen LogP contribution in [0, 0.1) is 6.92 Å². The second-order valence-corrected chi connectivity index (χ2v) is 3.18. The smallest absolute Gasteiger partial charge is 0.125 e. The Hall–Kier alpha value is -0.960. The quantitative estimate of drug-likeness (QED) is 0.676. The van der Waals surface area contributed by atoms with Crippen molar-refractivity contribution in [3.05, 3.63) is 23.8 Å². The van der Waals surface area contributed by atoms with Crippen molar-refractivity contribution in [2.75, 3.05) is 6.54 Å². The zero-order valence-electron chi connectivity index (χ0n) is 7.25. The first-order chi connectivity index (χ1) is 5.86. The van der Waals surface area contributed by atoms with Gasteiger partial charge in [-0.25, -0.2) is 9.97 Å². The Labute approximate surface area is 72.2 Å². The van der Waals surface area contributed by atoms with E-state index in [2.05, 4.69) is 15.3 Å². The third kappa shape index (κ3) is 1.46. The largest absolute Gasteiger partial charge is 0.309 e. The molecule has 1 aliphatic heterocycles. The lowest BCUT2D eigenvalue weighted by atomic mass is 10.1. The number of hydrogen-bond donors (Lipinski definition) is 1. The summed E-state index contributed by atoms with van der Waals surface area (Å²) in [5, 5.41) is 3.41. The summed E-state index contributed by atoms with van der Waals surface area (Å²) in [7, 11) is 0.